The van der Waals surface area contributed by atoms with Gasteiger partial charge in [0.1, 0.15) is 5.82 Å². The third kappa shape index (κ3) is 4.67. The fourth-order valence-corrected chi connectivity index (χ4v) is 3.19. The molecule has 0 spiro atoms. The molecule has 1 saturated heterocycles. The molecule has 1 heterocycles. The Hall–Kier alpha value is -2.73. The minimum Gasteiger partial charge on any atom is -0.478 e. The fourth-order valence-electron chi connectivity index (χ4n) is 3.19. The van der Waals surface area contributed by atoms with Crippen LogP contribution in [0.3, 0.4) is 0 Å². The van der Waals surface area contributed by atoms with Crippen molar-refractivity contribution in [3.05, 3.63) is 65.5 Å². The van der Waals surface area contributed by atoms with Crippen molar-refractivity contribution in [2.24, 2.45) is 5.92 Å². The van der Waals surface area contributed by atoms with Crippen molar-refractivity contribution < 1.29 is 19.1 Å². The number of anilines is 1. The first-order valence-electron chi connectivity index (χ1n) is 8.62. The molecule has 0 unspecified atom stereocenters. The van der Waals surface area contributed by atoms with Gasteiger partial charge in [0.2, 0.25) is 5.91 Å². The Morgan fingerprint density at radius 3 is 2.46 bits per heavy atom. The first-order chi connectivity index (χ1) is 12.5. The zero-order valence-corrected chi connectivity index (χ0v) is 14.3. The monoisotopic (exact) mass is 356 g/mol. The molecule has 26 heavy (non-hydrogen) atoms. The minimum atomic E-state index is -0.928. The fraction of sp³-hybridized carbons (Fsp3) is 0.300. The molecule has 1 fully saturated rings. The number of halogens is 1. The molecular weight excluding hydrogens is 335 g/mol. The normalized spacial score (nSPS) is 15.6. The van der Waals surface area contributed by atoms with E-state index in [1.54, 1.807) is 30.3 Å². The number of nitrogens with one attached hydrogen (secondary N) is 1. The first kappa shape index (κ1) is 18.1. The summed E-state index contributed by atoms with van der Waals surface area (Å²) in [7, 11) is 0. The van der Waals surface area contributed by atoms with Gasteiger partial charge in [0.15, 0.2) is 0 Å². The van der Waals surface area contributed by atoms with E-state index in [1.807, 2.05) is 6.07 Å². The number of carbonyl (C=O) groups excluding carboxylic acids is 1. The van der Waals surface area contributed by atoms with Gasteiger partial charge in [-0.25, -0.2) is 9.18 Å². The van der Waals surface area contributed by atoms with Gasteiger partial charge in [0, 0.05) is 18.2 Å². The number of aromatic carboxylic acids is 1. The highest BCUT2D eigenvalue weighted by atomic mass is 19.1. The van der Waals surface area contributed by atoms with Crippen LogP contribution in [0.5, 0.6) is 0 Å². The SMILES string of the molecule is O=C(O)c1cccc(CN2CCC(C(=O)Nc3ccc(F)cc3)CC2)c1. The summed E-state index contributed by atoms with van der Waals surface area (Å²) in [4.78, 5) is 25.6. The van der Waals surface area contributed by atoms with Crippen molar-refractivity contribution in [1.82, 2.24) is 4.90 Å². The Morgan fingerprint density at radius 1 is 1.12 bits per heavy atom. The summed E-state index contributed by atoms with van der Waals surface area (Å²) in [5, 5.41) is 11.9. The van der Waals surface area contributed by atoms with Crippen LogP contribution in [0.25, 0.3) is 0 Å². The van der Waals surface area contributed by atoms with Crippen LogP contribution >= 0.6 is 0 Å². The van der Waals surface area contributed by atoms with Crippen molar-refractivity contribution in [3.63, 3.8) is 0 Å². The van der Waals surface area contributed by atoms with Crippen LogP contribution in [0.1, 0.15) is 28.8 Å². The maximum Gasteiger partial charge on any atom is 0.335 e. The van der Waals surface area contributed by atoms with E-state index < -0.39 is 5.97 Å². The zero-order chi connectivity index (χ0) is 18.5. The quantitative estimate of drug-likeness (QED) is 0.862. The van der Waals surface area contributed by atoms with Gasteiger partial charge < -0.3 is 10.4 Å². The molecule has 1 aliphatic heterocycles. The molecule has 0 radical (unpaired) electrons. The highest BCUT2D eigenvalue weighted by Crippen LogP contribution is 2.21. The van der Waals surface area contributed by atoms with Crippen molar-refractivity contribution >= 4 is 17.6 Å². The average molecular weight is 356 g/mol. The second kappa shape index (κ2) is 8.10. The zero-order valence-electron chi connectivity index (χ0n) is 14.3. The molecule has 1 aliphatic rings. The lowest BCUT2D eigenvalue weighted by molar-refractivity contribution is -0.121. The Labute approximate surface area is 151 Å². The van der Waals surface area contributed by atoms with E-state index in [1.165, 1.54) is 12.1 Å². The molecule has 3 rings (SSSR count). The number of rotatable bonds is 5. The lowest BCUT2D eigenvalue weighted by atomic mass is 9.95. The summed E-state index contributed by atoms with van der Waals surface area (Å²) in [5.41, 5.74) is 1.85. The molecule has 0 saturated carbocycles. The highest BCUT2D eigenvalue weighted by Gasteiger charge is 2.25. The molecule has 6 heteroatoms. The lowest BCUT2D eigenvalue weighted by Crippen LogP contribution is -2.37. The predicted molar refractivity (Wildman–Crippen MR) is 96.4 cm³/mol. The molecule has 2 aromatic carbocycles. The van der Waals surface area contributed by atoms with E-state index in [0.717, 1.165) is 31.5 Å². The summed E-state index contributed by atoms with van der Waals surface area (Å²) in [6, 6.07) is 12.7. The number of nitrogens with zero attached hydrogens (tertiary/aromatic N) is 1. The lowest BCUT2D eigenvalue weighted by Gasteiger charge is -2.31. The van der Waals surface area contributed by atoms with Crippen LogP contribution in [0.15, 0.2) is 48.5 Å². The van der Waals surface area contributed by atoms with E-state index in [4.69, 9.17) is 5.11 Å². The van der Waals surface area contributed by atoms with Crippen LogP contribution in [-0.4, -0.2) is 35.0 Å². The van der Waals surface area contributed by atoms with Crippen LogP contribution < -0.4 is 5.32 Å². The maximum absolute atomic E-state index is 12.9. The molecule has 0 aromatic heterocycles. The molecule has 1 amide bonds. The number of carbonyl (C=O) groups is 2. The molecule has 5 nitrogen and oxygen atoms in total. The second-order valence-electron chi connectivity index (χ2n) is 6.55. The van der Waals surface area contributed by atoms with Crippen LogP contribution in [-0.2, 0) is 11.3 Å². The molecule has 0 bridgehead atoms. The first-order valence-corrected chi connectivity index (χ1v) is 8.62. The molecule has 0 aliphatic carbocycles. The molecular formula is C20H21FN2O3. The Kier molecular flexibility index (Phi) is 5.63. The Morgan fingerprint density at radius 2 is 1.81 bits per heavy atom. The molecule has 2 N–H and O–H groups in total. The predicted octanol–water partition coefficient (Wildman–Crippen LogP) is 3.37. The Bertz CT molecular complexity index is 784. The summed E-state index contributed by atoms with van der Waals surface area (Å²) >= 11 is 0. The van der Waals surface area contributed by atoms with Crippen molar-refractivity contribution in [2.75, 3.05) is 18.4 Å². The van der Waals surface area contributed by atoms with Crippen molar-refractivity contribution in [2.45, 2.75) is 19.4 Å². The molecule has 136 valence electrons. The number of likely N-dealkylation sites (tertiary alicyclic amines) is 1. The van der Waals surface area contributed by atoms with Gasteiger partial charge in [-0.1, -0.05) is 12.1 Å². The van der Waals surface area contributed by atoms with Gasteiger partial charge in [-0.05, 0) is 67.9 Å². The smallest absolute Gasteiger partial charge is 0.335 e. The number of amides is 1. The number of piperidine rings is 1. The van der Waals surface area contributed by atoms with E-state index in [2.05, 4.69) is 10.2 Å². The van der Waals surface area contributed by atoms with E-state index >= 15 is 0 Å². The van der Waals surface area contributed by atoms with Crippen molar-refractivity contribution in [1.29, 1.82) is 0 Å². The molecule has 0 atom stereocenters. The van der Waals surface area contributed by atoms with E-state index in [9.17, 15) is 14.0 Å². The van der Waals surface area contributed by atoms with Gasteiger partial charge in [0.25, 0.3) is 0 Å². The average Bonchev–Trinajstić information content (AvgIpc) is 2.64. The number of benzene rings is 2. The maximum atomic E-state index is 12.9. The van der Waals surface area contributed by atoms with Gasteiger partial charge >= 0.3 is 5.97 Å². The third-order valence-electron chi connectivity index (χ3n) is 4.65. The van der Waals surface area contributed by atoms with Gasteiger partial charge in [-0.15, -0.1) is 0 Å². The summed E-state index contributed by atoms with van der Waals surface area (Å²) < 4.78 is 12.9. The van der Waals surface area contributed by atoms with Crippen LogP contribution in [0.2, 0.25) is 0 Å². The van der Waals surface area contributed by atoms with Gasteiger partial charge in [-0.2, -0.15) is 0 Å². The summed E-state index contributed by atoms with van der Waals surface area (Å²) in [6.45, 7) is 2.23. The second-order valence-corrected chi connectivity index (χ2v) is 6.55. The minimum absolute atomic E-state index is 0.0378. The largest absolute Gasteiger partial charge is 0.478 e. The van der Waals surface area contributed by atoms with Gasteiger partial charge in [-0.3, -0.25) is 9.69 Å². The number of carboxylic acid groups (broad SMARTS) is 1. The van der Waals surface area contributed by atoms with Crippen LogP contribution in [0, 0.1) is 11.7 Å². The Balaban J connectivity index is 1.50. The van der Waals surface area contributed by atoms with Crippen LogP contribution in [0.4, 0.5) is 10.1 Å². The van der Waals surface area contributed by atoms with E-state index in [-0.39, 0.29) is 23.2 Å². The van der Waals surface area contributed by atoms with Crippen molar-refractivity contribution in [3.8, 4) is 0 Å². The standard InChI is InChI=1S/C20H21FN2O3/c21-17-4-6-18(7-5-17)22-19(24)15-8-10-23(11-9-15)13-14-2-1-3-16(12-14)20(25)26/h1-7,12,15H,8-11,13H2,(H,22,24)(H,25,26). The number of hydrogen-bond acceptors (Lipinski definition) is 3. The number of carboxylic acids is 1. The molecule has 2 aromatic rings. The number of hydrogen-bond donors (Lipinski definition) is 2. The van der Waals surface area contributed by atoms with E-state index in [0.29, 0.717) is 12.2 Å². The summed E-state index contributed by atoms with van der Waals surface area (Å²) in [5.74, 6) is -1.36. The third-order valence-corrected chi connectivity index (χ3v) is 4.65. The highest BCUT2D eigenvalue weighted by molar-refractivity contribution is 5.92. The summed E-state index contributed by atoms with van der Waals surface area (Å²) in [6.07, 6.45) is 1.48. The van der Waals surface area contributed by atoms with Gasteiger partial charge in [0.05, 0.1) is 5.56 Å². The topological polar surface area (TPSA) is 69.6 Å².